The molecule has 2 rings (SSSR count). The molecule has 0 aliphatic carbocycles. The number of carboxylic acids is 1. The highest BCUT2D eigenvalue weighted by Gasteiger charge is 2.21. The quantitative estimate of drug-likeness (QED) is 0.775. The van der Waals surface area contributed by atoms with Crippen molar-refractivity contribution in [3.05, 3.63) is 34.8 Å². The van der Waals surface area contributed by atoms with Crippen molar-refractivity contribution in [3.63, 3.8) is 0 Å². The lowest BCUT2D eigenvalue weighted by Gasteiger charge is -2.11. The standard InChI is InChI=1S/C14H15N3O5/c1-3-17-5-10(14(20)21)13(16-17)22-12-8(2)15-4-9(6-18)11(12)7-19/h4-5,7,18H,3,6H2,1-2H3,(H,20,21). The summed E-state index contributed by atoms with van der Waals surface area (Å²) in [4.78, 5) is 26.5. The summed E-state index contributed by atoms with van der Waals surface area (Å²) < 4.78 is 6.95. The fraction of sp³-hybridized carbons (Fsp3) is 0.286. The van der Waals surface area contributed by atoms with Gasteiger partial charge < -0.3 is 14.9 Å². The Kier molecular flexibility index (Phi) is 4.52. The summed E-state index contributed by atoms with van der Waals surface area (Å²) in [5, 5.41) is 22.5. The SMILES string of the molecule is CCn1cc(C(=O)O)c(Oc2c(C)ncc(CO)c2C=O)n1. The minimum absolute atomic E-state index is 0.0883. The molecule has 8 nitrogen and oxygen atoms in total. The van der Waals surface area contributed by atoms with Crippen LogP contribution in [0.1, 0.15) is 38.9 Å². The van der Waals surface area contributed by atoms with Crippen molar-refractivity contribution >= 4 is 12.3 Å². The second-order valence-electron chi connectivity index (χ2n) is 4.50. The molecule has 0 fully saturated rings. The lowest BCUT2D eigenvalue weighted by Crippen LogP contribution is -2.04. The van der Waals surface area contributed by atoms with Crippen LogP contribution in [0.2, 0.25) is 0 Å². The van der Waals surface area contributed by atoms with Crippen LogP contribution in [-0.4, -0.2) is 37.2 Å². The molecule has 0 atom stereocenters. The van der Waals surface area contributed by atoms with Crippen molar-refractivity contribution in [2.45, 2.75) is 27.0 Å². The van der Waals surface area contributed by atoms with Crippen LogP contribution in [0.15, 0.2) is 12.4 Å². The Bertz CT molecular complexity index is 724. The Morgan fingerprint density at radius 2 is 2.23 bits per heavy atom. The average Bonchev–Trinajstić information content (AvgIpc) is 2.92. The van der Waals surface area contributed by atoms with Crippen LogP contribution in [0.4, 0.5) is 0 Å². The Balaban J connectivity index is 2.53. The molecule has 2 aromatic rings. The maximum atomic E-state index is 11.3. The molecule has 0 saturated carbocycles. The fourth-order valence-electron chi connectivity index (χ4n) is 1.91. The number of carboxylic acid groups (broad SMARTS) is 1. The Morgan fingerprint density at radius 3 is 2.77 bits per heavy atom. The highest BCUT2D eigenvalue weighted by atomic mass is 16.5. The highest BCUT2D eigenvalue weighted by molar-refractivity contribution is 5.90. The largest absolute Gasteiger partial charge is 0.477 e. The molecule has 2 N–H and O–H groups in total. The molecular formula is C14H15N3O5. The first-order valence-electron chi connectivity index (χ1n) is 6.54. The van der Waals surface area contributed by atoms with E-state index < -0.39 is 5.97 Å². The number of pyridine rings is 1. The van der Waals surface area contributed by atoms with Gasteiger partial charge in [-0.05, 0) is 13.8 Å². The summed E-state index contributed by atoms with van der Waals surface area (Å²) in [6, 6.07) is 0. The molecule has 0 aliphatic heterocycles. The van der Waals surface area contributed by atoms with Crippen LogP contribution in [0.5, 0.6) is 11.6 Å². The van der Waals surface area contributed by atoms with E-state index in [1.807, 2.05) is 0 Å². The van der Waals surface area contributed by atoms with E-state index in [0.29, 0.717) is 24.1 Å². The van der Waals surface area contributed by atoms with Gasteiger partial charge >= 0.3 is 5.97 Å². The molecule has 0 aliphatic rings. The van der Waals surface area contributed by atoms with Gasteiger partial charge in [0.1, 0.15) is 5.56 Å². The number of hydrogen-bond donors (Lipinski definition) is 2. The smallest absolute Gasteiger partial charge is 0.342 e. The summed E-state index contributed by atoms with van der Waals surface area (Å²) in [7, 11) is 0. The van der Waals surface area contributed by atoms with Crippen LogP contribution >= 0.6 is 0 Å². The van der Waals surface area contributed by atoms with Gasteiger partial charge in [0.15, 0.2) is 12.0 Å². The van der Waals surface area contributed by atoms with Crippen molar-refractivity contribution in [1.29, 1.82) is 0 Å². The number of aldehydes is 1. The van der Waals surface area contributed by atoms with Gasteiger partial charge in [-0.15, -0.1) is 5.10 Å². The maximum Gasteiger partial charge on any atom is 0.342 e. The zero-order valence-corrected chi connectivity index (χ0v) is 12.1. The van der Waals surface area contributed by atoms with Gasteiger partial charge in [-0.25, -0.2) is 4.79 Å². The normalized spacial score (nSPS) is 10.5. The number of nitrogens with zero attached hydrogens (tertiary/aromatic N) is 3. The topological polar surface area (TPSA) is 115 Å². The number of aromatic nitrogens is 3. The average molecular weight is 305 g/mol. The first kappa shape index (κ1) is 15.6. The van der Waals surface area contributed by atoms with Crippen LogP contribution in [0.25, 0.3) is 0 Å². The minimum atomic E-state index is -1.19. The fourth-order valence-corrected chi connectivity index (χ4v) is 1.91. The number of carbonyl (C=O) groups excluding carboxylic acids is 1. The number of aliphatic hydroxyl groups is 1. The number of aryl methyl sites for hydroxylation is 2. The van der Waals surface area contributed by atoms with Crippen molar-refractivity contribution < 1.29 is 24.5 Å². The van der Waals surface area contributed by atoms with Crippen molar-refractivity contribution in [1.82, 2.24) is 14.8 Å². The van der Waals surface area contributed by atoms with Crippen molar-refractivity contribution in [3.8, 4) is 11.6 Å². The summed E-state index contributed by atoms with van der Waals surface area (Å²) >= 11 is 0. The van der Waals surface area contributed by atoms with E-state index in [0.717, 1.165) is 0 Å². The third-order valence-corrected chi connectivity index (χ3v) is 3.10. The summed E-state index contributed by atoms with van der Waals surface area (Å²) in [6.07, 6.45) is 3.25. The van der Waals surface area contributed by atoms with Crippen molar-refractivity contribution in [2.24, 2.45) is 0 Å². The number of aromatic carboxylic acids is 1. The van der Waals surface area contributed by atoms with E-state index in [1.54, 1.807) is 13.8 Å². The lowest BCUT2D eigenvalue weighted by atomic mass is 10.1. The summed E-state index contributed by atoms with van der Waals surface area (Å²) in [6.45, 7) is 3.50. The van der Waals surface area contributed by atoms with Gasteiger partial charge in [-0.3, -0.25) is 14.5 Å². The molecule has 2 aromatic heterocycles. The van der Waals surface area contributed by atoms with Crippen LogP contribution in [0, 0.1) is 6.92 Å². The van der Waals surface area contributed by atoms with Crippen LogP contribution in [-0.2, 0) is 13.2 Å². The maximum absolute atomic E-state index is 11.3. The molecule has 0 aromatic carbocycles. The van der Waals surface area contributed by atoms with Gasteiger partial charge in [0.2, 0.25) is 0 Å². The summed E-state index contributed by atoms with van der Waals surface area (Å²) in [5.41, 5.74) is 0.689. The van der Waals surface area contributed by atoms with E-state index in [1.165, 1.54) is 17.1 Å². The Labute approximate surface area is 126 Å². The molecule has 116 valence electrons. The molecule has 0 spiro atoms. The molecular weight excluding hydrogens is 290 g/mol. The van der Waals surface area contributed by atoms with Crippen LogP contribution in [0.3, 0.4) is 0 Å². The Morgan fingerprint density at radius 1 is 1.50 bits per heavy atom. The van der Waals surface area contributed by atoms with Gasteiger partial charge in [0.05, 0.1) is 17.9 Å². The molecule has 0 saturated heterocycles. The lowest BCUT2D eigenvalue weighted by molar-refractivity contribution is 0.0694. The predicted molar refractivity (Wildman–Crippen MR) is 75.2 cm³/mol. The van der Waals surface area contributed by atoms with E-state index in [9.17, 15) is 19.8 Å². The third-order valence-electron chi connectivity index (χ3n) is 3.10. The predicted octanol–water partition coefficient (Wildman–Crippen LogP) is 1.40. The molecule has 0 amide bonds. The zero-order valence-electron chi connectivity index (χ0n) is 12.1. The van der Waals surface area contributed by atoms with Crippen LogP contribution < -0.4 is 4.74 Å². The zero-order chi connectivity index (χ0) is 16.3. The first-order valence-corrected chi connectivity index (χ1v) is 6.54. The highest BCUT2D eigenvalue weighted by Crippen LogP contribution is 2.30. The third kappa shape index (κ3) is 2.82. The molecule has 0 radical (unpaired) electrons. The molecule has 22 heavy (non-hydrogen) atoms. The summed E-state index contributed by atoms with van der Waals surface area (Å²) in [5.74, 6) is -1.23. The van der Waals surface area contributed by atoms with E-state index in [-0.39, 0.29) is 29.4 Å². The van der Waals surface area contributed by atoms with Gasteiger partial charge in [0, 0.05) is 24.5 Å². The first-order chi connectivity index (χ1) is 10.5. The van der Waals surface area contributed by atoms with Crippen molar-refractivity contribution in [2.75, 3.05) is 0 Å². The number of rotatable bonds is 6. The number of hydrogen-bond acceptors (Lipinski definition) is 6. The molecule has 8 heteroatoms. The Hall–Kier alpha value is -2.74. The van der Waals surface area contributed by atoms with E-state index in [4.69, 9.17) is 4.74 Å². The monoisotopic (exact) mass is 305 g/mol. The second-order valence-corrected chi connectivity index (χ2v) is 4.50. The van der Waals surface area contributed by atoms with Gasteiger partial charge in [0.25, 0.3) is 5.88 Å². The van der Waals surface area contributed by atoms with E-state index >= 15 is 0 Å². The van der Waals surface area contributed by atoms with Gasteiger partial charge in [-0.2, -0.15) is 0 Å². The molecule has 0 unspecified atom stereocenters. The second kappa shape index (κ2) is 6.35. The minimum Gasteiger partial charge on any atom is -0.477 e. The molecule has 2 heterocycles. The molecule has 0 bridgehead atoms. The van der Waals surface area contributed by atoms with Gasteiger partial charge in [-0.1, -0.05) is 0 Å². The van der Waals surface area contributed by atoms with E-state index in [2.05, 4.69) is 10.1 Å². The number of carbonyl (C=O) groups is 2. The number of ether oxygens (including phenoxy) is 1. The number of aliphatic hydroxyl groups excluding tert-OH is 1.